The number of anilines is 4. The predicted molar refractivity (Wildman–Crippen MR) is 134 cm³/mol. The topological polar surface area (TPSA) is 106 Å². The van der Waals surface area contributed by atoms with E-state index in [9.17, 15) is 4.79 Å². The Morgan fingerprint density at radius 3 is 2.59 bits per heavy atom. The van der Waals surface area contributed by atoms with E-state index in [1.54, 1.807) is 31.4 Å². The molecule has 0 bridgehead atoms. The highest BCUT2D eigenvalue weighted by atomic mass is 16.5. The highest BCUT2D eigenvalue weighted by Crippen LogP contribution is 2.34. The van der Waals surface area contributed by atoms with Gasteiger partial charge in [0.25, 0.3) is 0 Å². The molecule has 2 heterocycles. The van der Waals surface area contributed by atoms with Crippen molar-refractivity contribution in [3.05, 3.63) is 53.9 Å². The second-order valence-electron chi connectivity index (χ2n) is 8.16. The number of nitrogens with two attached hydrogens (primary N) is 1. The summed E-state index contributed by atoms with van der Waals surface area (Å²) in [6.07, 6.45) is 1.24. The van der Waals surface area contributed by atoms with E-state index in [0.717, 1.165) is 43.3 Å². The molecule has 1 fully saturated rings. The number of aromatic nitrogens is 2. The molecule has 0 radical (unpaired) electrons. The number of methoxy groups -OCH3 is 1. The van der Waals surface area contributed by atoms with Gasteiger partial charge in [0.15, 0.2) is 12.1 Å². The SMILES string of the molecule is CCc1nc(C=O)c(Nc2ccc(N3CCN(C)CC3)c(OC)c2)nc1Oc1cccc(N)c1. The van der Waals surface area contributed by atoms with Crippen molar-refractivity contribution < 1.29 is 14.3 Å². The van der Waals surface area contributed by atoms with E-state index < -0.39 is 0 Å². The summed E-state index contributed by atoms with van der Waals surface area (Å²) in [6, 6.07) is 12.9. The van der Waals surface area contributed by atoms with E-state index in [2.05, 4.69) is 32.1 Å². The maximum atomic E-state index is 11.8. The third-order valence-corrected chi connectivity index (χ3v) is 5.76. The van der Waals surface area contributed by atoms with Gasteiger partial charge in [-0.2, -0.15) is 4.98 Å². The van der Waals surface area contributed by atoms with E-state index in [-0.39, 0.29) is 5.69 Å². The standard InChI is InChI=1S/C25H30N6O3/c1-4-20-25(34-19-7-5-6-17(26)14-19)29-24(21(16-32)28-20)27-18-8-9-22(23(15-18)33-3)31-12-10-30(2)11-13-31/h5-9,14-16H,4,10-13,26H2,1-3H3,(H,27,29). The van der Waals surface area contributed by atoms with Crippen molar-refractivity contribution in [2.75, 3.05) is 56.3 Å². The van der Waals surface area contributed by atoms with E-state index >= 15 is 0 Å². The number of rotatable bonds is 8. The summed E-state index contributed by atoms with van der Waals surface area (Å²) in [4.78, 5) is 25.5. The summed E-state index contributed by atoms with van der Waals surface area (Å²) >= 11 is 0. The second kappa shape index (κ2) is 10.4. The molecule has 2 aromatic carbocycles. The average Bonchev–Trinajstić information content (AvgIpc) is 2.85. The number of hydrogen-bond donors (Lipinski definition) is 2. The molecule has 34 heavy (non-hydrogen) atoms. The third kappa shape index (κ3) is 5.20. The van der Waals surface area contributed by atoms with Crippen molar-refractivity contribution in [3.63, 3.8) is 0 Å². The van der Waals surface area contributed by atoms with Crippen LogP contribution in [0.5, 0.6) is 17.4 Å². The lowest BCUT2D eigenvalue weighted by Gasteiger charge is -2.34. The number of likely N-dealkylation sites (N-methyl/N-ethyl adjacent to an activating group) is 1. The Hall–Kier alpha value is -3.85. The normalized spacial score (nSPS) is 14.0. The number of benzene rings is 2. The molecule has 0 spiro atoms. The number of nitrogen functional groups attached to an aromatic ring is 1. The minimum absolute atomic E-state index is 0.207. The molecule has 178 valence electrons. The zero-order valence-electron chi connectivity index (χ0n) is 19.7. The van der Waals surface area contributed by atoms with Crippen LogP contribution in [0, 0.1) is 0 Å². The highest BCUT2D eigenvalue weighted by Gasteiger charge is 2.19. The molecular weight excluding hydrogens is 432 g/mol. The molecule has 0 atom stereocenters. The molecule has 1 aromatic heterocycles. The van der Waals surface area contributed by atoms with Crippen LogP contribution >= 0.6 is 0 Å². The minimum atomic E-state index is 0.207. The van der Waals surface area contributed by atoms with Crippen LogP contribution in [0.15, 0.2) is 42.5 Å². The fourth-order valence-electron chi connectivity index (χ4n) is 3.85. The molecule has 0 unspecified atom stereocenters. The first-order valence-electron chi connectivity index (χ1n) is 11.3. The fourth-order valence-corrected chi connectivity index (χ4v) is 3.85. The second-order valence-corrected chi connectivity index (χ2v) is 8.16. The van der Waals surface area contributed by atoms with E-state index in [0.29, 0.717) is 41.5 Å². The van der Waals surface area contributed by atoms with Gasteiger partial charge in [0, 0.05) is 49.7 Å². The Labute approximate surface area is 199 Å². The molecule has 1 aliphatic heterocycles. The van der Waals surface area contributed by atoms with Gasteiger partial charge in [0.1, 0.15) is 22.9 Å². The summed E-state index contributed by atoms with van der Waals surface area (Å²) in [7, 11) is 3.78. The number of aryl methyl sites for hydroxylation is 1. The van der Waals surface area contributed by atoms with E-state index in [4.69, 9.17) is 15.2 Å². The molecule has 0 saturated carbocycles. The first kappa shape index (κ1) is 23.3. The van der Waals surface area contributed by atoms with Crippen molar-refractivity contribution in [2.45, 2.75) is 13.3 Å². The molecule has 3 N–H and O–H groups in total. The Balaban J connectivity index is 1.62. The molecular formula is C25H30N6O3. The Bertz CT molecular complexity index is 1160. The minimum Gasteiger partial charge on any atom is -0.495 e. The summed E-state index contributed by atoms with van der Waals surface area (Å²) in [5.74, 6) is 1.92. The summed E-state index contributed by atoms with van der Waals surface area (Å²) in [5, 5.41) is 3.21. The lowest BCUT2D eigenvalue weighted by Crippen LogP contribution is -2.44. The van der Waals surface area contributed by atoms with Gasteiger partial charge in [-0.05, 0) is 37.7 Å². The Kier molecular flexibility index (Phi) is 7.12. The average molecular weight is 463 g/mol. The van der Waals surface area contributed by atoms with Crippen molar-refractivity contribution in [1.29, 1.82) is 0 Å². The van der Waals surface area contributed by atoms with Crippen LogP contribution in [0.25, 0.3) is 0 Å². The maximum absolute atomic E-state index is 11.8. The fraction of sp³-hybridized carbons (Fsp3) is 0.320. The summed E-state index contributed by atoms with van der Waals surface area (Å²) in [5.41, 5.74) is 9.00. The van der Waals surface area contributed by atoms with Crippen molar-refractivity contribution in [2.24, 2.45) is 0 Å². The largest absolute Gasteiger partial charge is 0.495 e. The van der Waals surface area contributed by atoms with Gasteiger partial charge < -0.3 is 30.3 Å². The highest BCUT2D eigenvalue weighted by molar-refractivity contribution is 5.82. The monoisotopic (exact) mass is 462 g/mol. The van der Waals surface area contributed by atoms with Crippen LogP contribution in [0.4, 0.5) is 22.9 Å². The number of carbonyl (C=O) groups excluding carboxylic acids is 1. The van der Waals surface area contributed by atoms with Crippen molar-refractivity contribution in [1.82, 2.24) is 14.9 Å². The molecule has 9 heteroatoms. The van der Waals surface area contributed by atoms with Gasteiger partial charge >= 0.3 is 0 Å². The summed E-state index contributed by atoms with van der Waals surface area (Å²) < 4.78 is 11.6. The number of hydrogen-bond acceptors (Lipinski definition) is 9. The molecule has 1 saturated heterocycles. The predicted octanol–water partition coefficient (Wildman–Crippen LogP) is 3.73. The number of nitrogens with zero attached hydrogens (tertiary/aromatic N) is 4. The quantitative estimate of drug-likeness (QED) is 0.382. The lowest BCUT2D eigenvalue weighted by atomic mass is 10.2. The van der Waals surface area contributed by atoms with E-state index in [1.807, 2.05) is 25.1 Å². The van der Waals surface area contributed by atoms with Gasteiger partial charge in [-0.25, -0.2) is 4.98 Å². The molecule has 0 aliphatic carbocycles. The molecule has 4 rings (SSSR count). The maximum Gasteiger partial charge on any atom is 0.243 e. The number of nitrogens with one attached hydrogen (secondary N) is 1. The van der Waals surface area contributed by atoms with Crippen LogP contribution in [-0.2, 0) is 6.42 Å². The zero-order chi connectivity index (χ0) is 24.1. The third-order valence-electron chi connectivity index (χ3n) is 5.76. The van der Waals surface area contributed by atoms with Gasteiger partial charge in [0.05, 0.1) is 12.8 Å². The van der Waals surface area contributed by atoms with Gasteiger partial charge in [-0.15, -0.1) is 0 Å². The van der Waals surface area contributed by atoms with Gasteiger partial charge in [-0.1, -0.05) is 13.0 Å². The molecule has 9 nitrogen and oxygen atoms in total. The number of ether oxygens (including phenoxy) is 2. The van der Waals surface area contributed by atoms with Gasteiger partial charge in [-0.3, -0.25) is 4.79 Å². The molecule has 3 aromatic rings. The molecule has 0 amide bonds. The van der Waals surface area contributed by atoms with Crippen molar-refractivity contribution >= 4 is 29.2 Å². The molecule has 1 aliphatic rings. The first-order chi connectivity index (χ1) is 16.5. The van der Waals surface area contributed by atoms with Crippen molar-refractivity contribution in [3.8, 4) is 17.4 Å². The van der Waals surface area contributed by atoms with Crippen LogP contribution in [-0.4, -0.2) is 61.5 Å². The summed E-state index contributed by atoms with van der Waals surface area (Å²) in [6.45, 7) is 5.80. The Morgan fingerprint density at radius 2 is 1.91 bits per heavy atom. The van der Waals surface area contributed by atoms with Gasteiger partial charge in [0.2, 0.25) is 5.88 Å². The number of aldehydes is 1. The van der Waals surface area contributed by atoms with Crippen LogP contribution < -0.4 is 25.4 Å². The van der Waals surface area contributed by atoms with Crippen LogP contribution in [0.3, 0.4) is 0 Å². The smallest absolute Gasteiger partial charge is 0.243 e. The van der Waals surface area contributed by atoms with E-state index in [1.165, 1.54) is 0 Å². The number of carbonyl (C=O) groups is 1. The zero-order valence-corrected chi connectivity index (χ0v) is 19.7. The van der Waals surface area contributed by atoms with Crippen LogP contribution in [0.1, 0.15) is 23.1 Å². The van der Waals surface area contributed by atoms with Crippen LogP contribution in [0.2, 0.25) is 0 Å². The Morgan fingerprint density at radius 1 is 1.12 bits per heavy atom. The number of piperazine rings is 1. The lowest BCUT2D eigenvalue weighted by molar-refractivity contribution is 0.111. The first-order valence-corrected chi connectivity index (χ1v) is 11.3.